The average molecular weight is 385 g/mol. The molecule has 0 radical (unpaired) electrons. The number of hydrogen-bond donors (Lipinski definition) is 3. The van der Waals surface area contributed by atoms with Gasteiger partial charge in [0.1, 0.15) is 5.54 Å². The van der Waals surface area contributed by atoms with Crippen LogP contribution in [-0.4, -0.2) is 65.8 Å². The van der Waals surface area contributed by atoms with Gasteiger partial charge < -0.3 is 21.3 Å². The molecule has 1 unspecified atom stereocenters. The standard InChI is InChI=1S/C20H27N5O3/c21-17(26)13-24-9-3-4-14(12-24)18(27)25-10-7-20(8-11-25)19(28)22-15-5-1-2-6-16(15)23-20/h1-2,5-6,14,23H,3-4,7-13H2,(H2,21,26)(H,22,28). The Balaban J connectivity index is 1.38. The van der Waals surface area contributed by atoms with Crippen LogP contribution in [0.1, 0.15) is 25.7 Å². The van der Waals surface area contributed by atoms with E-state index in [1.54, 1.807) is 0 Å². The molecule has 0 saturated carbocycles. The molecule has 150 valence electrons. The largest absolute Gasteiger partial charge is 0.369 e. The van der Waals surface area contributed by atoms with Gasteiger partial charge in [-0.25, -0.2) is 0 Å². The molecule has 8 heteroatoms. The minimum absolute atomic E-state index is 0.0244. The highest BCUT2D eigenvalue weighted by atomic mass is 16.2. The number of carbonyl (C=O) groups is 3. The van der Waals surface area contributed by atoms with Crippen molar-refractivity contribution >= 4 is 29.1 Å². The molecule has 8 nitrogen and oxygen atoms in total. The summed E-state index contributed by atoms with van der Waals surface area (Å²) in [6, 6.07) is 7.68. The number of nitrogens with one attached hydrogen (secondary N) is 2. The summed E-state index contributed by atoms with van der Waals surface area (Å²) in [4.78, 5) is 40.7. The van der Waals surface area contributed by atoms with Crippen LogP contribution in [0.5, 0.6) is 0 Å². The Hall–Kier alpha value is -2.61. The molecule has 3 aliphatic heterocycles. The van der Waals surface area contributed by atoms with Crippen molar-refractivity contribution in [2.75, 3.05) is 43.4 Å². The number of piperidine rings is 2. The molecule has 0 aliphatic carbocycles. The Labute approximate surface area is 164 Å². The Morgan fingerprint density at radius 1 is 1.14 bits per heavy atom. The van der Waals surface area contributed by atoms with Gasteiger partial charge in [0, 0.05) is 19.6 Å². The van der Waals surface area contributed by atoms with Crippen LogP contribution < -0.4 is 16.4 Å². The fourth-order valence-electron chi connectivity index (χ4n) is 4.60. The van der Waals surface area contributed by atoms with Crippen molar-refractivity contribution in [2.45, 2.75) is 31.2 Å². The third kappa shape index (κ3) is 3.56. The molecular formula is C20H27N5O3. The van der Waals surface area contributed by atoms with Gasteiger partial charge in [-0.05, 0) is 44.4 Å². The fourth-order valence-corrected chi connectivity index (χ4v) is 4.60. The van der Waals surface area contributed by atoms with Crippen molar-refractivity contribution in [3.63, 3.8) is 0 Å². The van der Waals surface area contributed by atoms with Crippen molar-refractivity contribution in [2.24, 2.45) is 11.7 Å². The first-order valence-corrected chi connectivity index (χ1v) is 9.95. The third-order valence-corrected chi connectivity index (χ3v) is 6.15. The van der Waals surface area contributed by atoms with E-state index in [-0.39, 0.29) is 30.2 Å². The lowest BCUT2D eigenvalue weighted by Gasteiger charge is -2.45. The van der Waals surface area contributed by atoms with Gasteiger partial charge in [0.25, 0.3) is 0 Å². The molecule has 2 fully saturated rings. The molecule has 0 bridgehead atoms. The molecule has 1 aromatic carbocycles. The molecule has 28 heavy (non-hydrogen) atoms. The Morgan fingerprint density at radius 3 is 2.57 bits per heavy atom. The van der Waals surface area contributed by atoms with E-state index < -0.39 is 5.54 Å². The van der Waals surface area contributed by atoms with Gasteiger partial charge in [-0.2, -0.15) is 0 Å². The van der Waals surface area contributed by atoms with Crippen molar-refractivity contribution < 1.29 is 14.4 Å². The molecular weight excluding hydrogens is 358 g/mol. The molecule has 2 saturated heterocycles. The monoisotopic (exact) mass is 385 g/mol. The van der Waals surface area contributed by atoms with Gasteiger partial charge in [0.05, 0.1) is 23.8 Å². The summed E-state index contributed by atoms with van der Waals surface area (Å²) in [5.74, 6) is -0.358. The highest BCUT2D eigenvalue weighted by Gasteiger charge is 2.45. The number of rotatable bonds is 3. The summed E-state index contributed by atoms with van der Waals surface area (Å²) in [6.07, 6.45) is 2.89. The van der Waals surface area contributed by atoms with E-state index in [4.69, 9.17) is 5.73 Å². The van der Waals surface area contributed by atoms with Crippen LogP contribution in [0.3, 0.4) is 0 Å². The SMILES string of the molecule is NC(=O)CN1CCCC(C(=O)N2CCC3(CC2)Nc2ccccc2NC3=O)C1. The number of nitrogens with zero attached hydrogens (tertiary/aromatic N) is 2. The second kappa shape index (κ2) is 7.43. The number of benzene rings is 1. The van der Waals surface area contributed by atoms with Crippen molar-refractivity contribution in [1.29, 1.82) is 0 Å². The zero-order chi connectivity index (χ0) is 19.7. The Morgan fingerprint density at radius 2 is 1.86 bits per heavy atom. The van der Waals surface area contributed by atoms with Gasteiger partial charge in [-0.1, -0.05) is 12.1 Å². The number of hydrogen-bond acceptors (Lipinski definition) is 5. The molecule has 3 heterocycles. The number of amides is 3. The maximum atomic E-state index is 13.0. The molecule has 4 rings (SSSR count). The number of anilines is 2. The molecule has 3 amide bonds. The first-order chi connectivity index (χ1) is 13.5. The topological polar surface area (TPSA) is 108 Å². The quantitative estimate of drug-likeness (QED) is 0.707. The van der Waals surface area contributed by atoms with Crippen molar-refractivity contribution in [1.82, 2.24) is 9.80 Å². The zero-order valence-electron chi connectivity index (χ0n) is 15.9. The summed E-state index contributed by atoms with van der Waals surface area (Å²) in [7, 11) is 0. The predicted octanol–water partition coefficient (Wildman–Crippen LogP) is 0.609. The van der Waals surface area contributed by atoms with E-state index in [1.807, 2.05) is 34.1 Å². The first kappa shape index (κ1) is 18.7. The number of para-hydroxylation sites is 2. The van der Waals surface area contributed by atoms with Crippen LogP contribution in [0.15, 0.2) is 24.3 Å². The lowest BCUT2D eigenvalue weighted by atomic mass is 9.83. The Kier molecular flexibility index (Phi) is 4.97. The third-order valence-electron chi connectivity index (χ3n) is 6.15. The Bertz CT molecular complexity index is 788. The van der Waals surface area contributed by atoms with E-state index in [1.165, 1.54) is 0 Å². The fraction of sp³-hybridized carbons (Fsp3) is 0.550. The van der Waals surface area contributed by atoms with Crippen LogP contribution in [0.25, 0.3) is 0 Å². The predicted molar refractivity (Wildman–Crippen MR) is 106 cm³/mol. The minimum atomic E-state index is -0.657. The number of carbonyl (C=O) groups excluding carboxylic acids is 3. The van der Waals surface area contributed by atoms with Crippen molar-refractivity contribution in [3.05, 3.63) is 24.3 Å². The summed E-state index contributed by atoms with van der Waals surface area (Å²) in [5, 5.41) is 6.42. The number of nitrogens with two attached hydrogens (primary N) is 1. The molecule has 3 aliphatic rings. The second-order valence-corrected chi connectivity index (χ2v) is 8.07. The lowest BCUT2D eigenvalue weighted by molar-refractivity contribution is -0.140. The number of likely N-dealkylation sites (tertiary alicyclic amines) is 2. The van der Waals surface area contributed by atoms with Crippen LogP contribution in [0.4, 0.5) is 11.4 Å². The maximum absolute atomic E-state index is 13.0. The number of primary amides is 1. The lowest BCUT2D eigenvalue weighted by Crippen LogP contribution is -2.60. The van der Waals surface area contributed by atoms with Gasteiger partial charge in [-0.3, -0.25) is 19.3 Å². The van der Waals surface area contributed by atoms with E-state index in [9.17, 15) is 14.4 Å². The first-order valence-electron chi connectivity index (χ1n) is 9.95. The highest BCUT2D eigenvalue weighted by molar-refractivity contribution is 6.06. The summed E-state index contributed by atoms with van der Waals surface area (Å²) in [6.45, 7) is 2.69. The van der Waals surface area contributed by atoms with Crippen LogP contribution >= 0.6 is 0 Å². The minimum Gasteiger partial charge on any atom is -0.369 e. The highest BCUT2D eigenvalue weighted by Crippen LogP contribution is 2.36. The summed E-state index contributed by atoms with van der Waals surface area (Å²) < 4.78 is 0. The number of fused-ring (bicyclic) bond motifs is 1. The molecule has 0 aromatic heterocycles. The van der Waals surface area contributed by atoms with Crippen molar-refractivity contribution in [3.8, 4) is 0 Å². The van der Waals surface area contributed by atoms with Crippen LogP contribution in [0, 0.1) is 5.92 Å². The van der Waals surface area contributed by atoms with Gasteiger partial charge >= 0.3 is 0 Å². The van der Waals surface area contributed by atoms with E-state index >= 15 is 0 Å². The van der Waals surface area contributed by atoms with Gasteiger partial charge in [-0.15, -0.1) is 0 Å². The molecule has 1 atom stereocenters. The van der Waals surface area contributed by atoms with Gasteiger partial charge in [0.2, 0.25) is 17.7 Å². The molecule has 1 aromatic rings. The molecule has 1 spiro atoms. The van der Waals surface area contributed by atoms with E-state index in [0.29, 0.717) is 32.5 Å². The van der Waals surface area contributed by atoms with E-state index in [0.717, 1.165) is 30.8 Å². The van der Waals surface area contributed by atoms with Crippen LogP contribution in [-0.2, 0) is 14.4 Å². The average Bonchev–Trinajstić information content (AvgIpc) is 2.69. The van der Waals surface area contributed by atoms with Crippen LogP contribution in [0.2, 0.25) is 0 Å². The molecule has 4 N–H and O–H groups in total. The zero-order valence-corrected chi connectivity index (χ0v) is 15.9. The summed E-state index contributed by atoms with van der Waals surface area (Å²) >= 11 is 0. The smallest absolute Gasteiger partial charge is 0.250 e. The maximum Gasteiger partial charge on any atom is 0.250 e. The second-order valence-electron chi connectivity index (χ2n) is 8.07. The van der Waals surface area contributed by atoms with Gasteiger partial charge in [0.15, 0.2) is 0 Å². The van der Waals surface area contributed by atoms with E-state index in [2.05, 4.69) is 10.6 Å². The normalized spacial score (nSPS) is 24.2. The summed E-state index contributed by atoms with van der Waals surface area (Å²) in [5.41, 5.74) is 6.36.